The van der Waals surface area contributed by atoms with Crippen molar-refractivity contribution >= 4 is 22.7 Å². The summed E-state index contributed by atoms with van der Waals surface area (Å²) in [7, 11) is 0. The number of anilines is 1. The lowest BCUT2D eigenvalue weighted by molar-refractivity contribution is 0.0409. The molecule has 3 aromatic rings. The van der Waals surface area contributed by atoms with E-state index in [0.29, 0.717) is 16.6 Å². The number of rotatable bonds is 5. The number of hydrogen-bond acceptors (Lipinski definition) is 5. The van der Waals surface area contributed by atoms with Gasteiger partial charge in [0.25, 0.3) is 0 Å². The average Bonchev–Trinajstić information content (AvgIpc) is 3.00. The summed E-state index contributed by atoms with van der Waals surface area (Å²) in [5.74, 6) is -0.466. The largest absolute Gasteiger partial charge is 0.372 e. The van der Waals surface area contributed by atoms with Crippen LogP contribution in [0.15, 0.2) is 48.5 Å². The monoisotopic (exact) mass is 310 g/mol. The highest BCUT2D eigenvalue weighted by Gasteiger charge is 2.12. The van der Waals surface area contributed by atoms with Gasteiger partial charge >= 0.3 is 5.97 Å². The maximum Gasteiger partial charge on any atom is 0.365 e. The highest BCUT2D eigenvalue weighted by atomic mass is 16.7. The fraction of sp³-hybridized carbons (Fsp3) is 0.235. The number of carbonyl (C=O) groups excluding carboxylic acids is 1. The lowest BCUT2D eigenvalue weighted by Crippen LogP contribution is -2.23. The Morgan fingerprint density at radius 1 is 1.09 bits per heavy atom. The zero-order chi connectivity index (χ0) is 16.2. The normalized spacial score (nSPS) is 10.7. The van der Waals surface area contributed by atoms with Crippen molar-refractivity contribution in [2.75, 3.05) is 18.0 Å². The lowest BCUT2D eigenvalue weighted by Gasteiger charge is -2.20. The fourth-order valence-corrected chi connectivity index (χ4v) is 2.44. The SMILES string of the molecule is CCN(CC)c1ccc(C(=O)On2nnc3ccccc32)cc1. The topological polar surface area (TPSA) is 60.2 Å². The molecule has 0 amide bonds. The van der Waals surface area contributed by atoms with E-state index >= 15 is 0 Å². The van der Waals surface area contributed by atoms with E-state index in [1.165, 1.54) is 0 Å². The third-order valence-electron chi connectivity index (χ3n) is 3.72. The second-order valence-electron chi connectivity index (χ2n) is 5.05. The van der Waals surface area contributed by atoms with E-state index in [9.17, 15) is 4.79 Å². The van der Waals surface area contributed by atoms with Crippen molar-refractivity contribution in [3.63, 3.8) is 0 Å². The third-order valence-corrected chi connectivity index (χ3v) is 3.72. The molecular weight excluding hydrogens is 292 g/mol. The van der Waals surface area contributed by atoms with Crippen LogP contribution in [0.4, 0.5) is 5.69 Å². The number of aromatic nitrogens is 3. The summed E-state index contributed by atoms with van der Waals surface area (Å²) in [6.07, 6.45) is 0. The highest BCUT2D eigenvalue weighted by Crippen LogP contribution is 2.15. The molecule has 3 rings (SSSR count). The van der Waals surface area contributed by atoms with Gasteiger partial charge < -0.3 is 9.74 Å². The lowest BCUT2D eigenvalue weighted by atomic mass is 10.2. The van der Waals surface area contributed by atoms with Gasteiger partial charge in [0.2, 0.25) is 0 Å². The van der Waals surface area contributed by atoms with E-state index in [-0.39, 0.29) is 0 Å². The first kappa shape index (κ1) is 15.0. The van der Waals surface area contributed by atoms with Crippen molar-refractivity contribution < 1.29 is 9.63 Å². The molecule has 0 bridgehead atoms. The van der Waals surface area contributed by atoms with Gasteiger partial charge in [-0.3, -0.25) is 0 Å². The highest BCUT2D eigenvalue weighted by molar-refractivity contribution is 5.90. The van der Waals surface area contributed by atoms with E-state index in [1.54, 1.807) is 18.2 Å². The Kier molecular flexibility index (Phi) is 4.23. The van der Waals surface area contributed by atoms with Crippen LogP contribution in [0.2, 0.25) is 0 Å². The molecule has 0 aliphatic carbocycles. The Morgan fingerprint density at radius 3 is 2.48 bits per heavy atom. The van der Waals surface area contributed by atoms with Gasteiger partial charge in [-0.2, -0.15) is 0 Å². The predicted molar refractivity (Wildman–Crippen MR) is 88.4 cm³/mol. The summed E-state index contributed by atoms with van der Waals surface area (Å²) in [6.45, 7) is 6.04. The van der Waals surface area contributed by atoms with Gasteiger partial charge in [-0.15, -0.1) is 5.10 Å². The molecular formula is C17H18N4O2. The molecule has 0 saturated carbocycles. The number of nitrogens with zero attached hydrogens (tertiary/aromatic N) is 4. The number of carbonyl (C=O) groups is 1. The minimum atomic E-state index is -0.466. The number of fused-ring (bicyclic) bond motifs is 1. The maximum atomic E-state index is 12.3. The Labute approximate surface area is 134 Å². The first-order chi connectivity index (χ1) is 11.2. The second kappa shape index (κ2) is 6.48. The number of hydrogen-bond donors (Lipinski definition) is 0. The van der Waals surface area contributed by atoms with Crippen LogP contribution >= 0.6 is 0 Å². The zero-order valence-electron chi connectivity index (χ0n) is 13.1. The van der Waals surface area contributed by atoms with Crippen LogP contribution in [0.1, 0.15) is 24.2 Å². The van der Waals surface area contributed by atoms with Crippen LogP contribution in [0.25, 0.3) is 11.0 Å². The van der Waals surface area contributed by atoms with Crippen molar-refractivity contribution in [3.8, 4) is 0 Å². The van der Waals surface area contributed by atoms with Crippen LogP contribution in [-0.4, -0.2) is 34.2 Å². The number of benzene rings is 2. The Bertz CT molecular complexity index is 807. The Hall–Kier alpha value is -2.89. The van der Waals surface area contributed by atoms with Crippen LogP contribution < -0.4 is 9.74 Å². The van der Waals surface area contributed by atoms with Crippen molar-refractivity contribution in [1.82, 2.24) is 15.2 Å². The van der Waals surface area contributed by atoms with Crippen LogP contribution in [-0.2, 0) is 0 Å². The maximum absolute atomic E-state index is 12.3. The molecule has 1 aromatic heterocycles. The molecule has 1 heterocycles. The molecule has 0 atom stereocenters. The number of para-hydroxylation sites is 1. The Morgan fingerprint density at radius 2 is 1.78 bits per heavy atom. The molecule has 0 N–H and O–H groups in total. The fourth-order valence-electron chi connectivity index (χ4n) is 2.44. The van der Waals surface area contributed by atoms with Gasteiger partial charge in [0, 0.05) is 18.8 Å². The summed E-state index contributed by atoms with van der Waals surface area (Å²) >= 11 is 0. The molecule has 0 spiro atoms. The predicted octanol–water partition coefficient (Wildman–Crippen LogP) is 2.55. The van der Waals surface area contributed by atoms with Crippen molar-refractivity contribution in [2.45, 2.75) is 13.8 Å². The minimum Gasteiger partial charge on any atom is -0.372 e. The Balaban J connectivity index is 1.78. The summed E-state index contributed by atoms with van der Waals surface area (Å²) in [5, 5.41) is 7.80. The van der Waals surface area contributed by atoms with Gasteiger partial charge in [0.1, 0.15) is 11.0 Å². The van der Waals surface area contributed by atoms with E-state index in [2.05, 4.69) is 29.1 Å². The summed E-state index contributed by atoms with van der Waals surface area (Å²) in [6, 6.07) is 14.7. The van der Waals surface area contributed by atoms with Crippen molar-refractivity contribution in [1.29, 1.82) is 0 Å². The molecule has 0 saturated heterocycles. The van der Waals surface area contributed by atoms with E-state index in [1.807, 2.05) is 30.3 Å². The smallest absolute Gasteiger partial charge is 0.365 e. The molecule has 0 aliphatic heterocycles. The van der Waals surface area contributed by atoms with Gasteiger partial charge in [0.05, 0.1) is 5.56 Å². The molecule has 0 unspecified atom stereocenters. The average molecular weight is 310 g/mol. The summed E-state index contributed by atoms with van der Waals surface area (Å²) < 4.78 is 0. The molecule has 0 fully saturated rings. The van der Waals surface area contributed by atoms with Gasteiger partial charge in [0.15, 0.2) is 0 Å². The molecule has 0 aliphatic rings. The summed E-state index contributed by atoms with van der Waals surface area (Å²) in [5.41, 5.74) is 2.89. The quantitative estimate of drug-likeness (QED) is 0.678. The summed E-state index contributed by atoms with van der Waals surface area (Å²) in [4.78, 5) is 20.9. The standard InChI is InChI=1S/C17H18N4O2/c1-3-20(4-2)14-11-9-13(10-12-14)17(22)23-21-16-8-6-5-7-15(16)18-19-21/h5-12H,3-4H2,1-2H3. The van der Waals surface area contributed by atoms with Crippen molar-refractivity contribution in [2.24, 2.45) is 0 Å². The van der Waals surface area contributed by atoms with E-state index in [0.717, 1.165) is 23.6 Å². The molecule has 118 valence electrons. The first-order valence-corrected chi connectivity index (χ1v) is 7.61. The van der Waals surface area contributed by atoms with Crippen LogP contribution in [0.3, 0.4) is 0 Å². The molecule has 2 aromatic carbocycles. The molecule has 6 heteroatoms. The van der Waals surface area contributed by atoms with Crippen molar-refractivity contribution in [3.05, 3.63) is 54.1 Å². The van der Waals surface area contributed by atoms with Gasteiger partial charge in [-0.25, -0.2) is 4.79 Å². The third kappa shape index (κ3) is 3.01. The first-order valence-electron chi connectivity index (χ1n) is 7.61. The second-order valence-corrected chi connectivity index (χ2v) is 5.05. The van der Waals surface area contributed by atoms with E-state index < -0.39 is 5.97 Å². The minimum absolute atomic E-state index is 0.466. The molecule has 23 heavy (non-hydrogen) atoms. The van der Waals surface area contributed by atoms with Gasteiger partial charge in [-0.1, -0.05) is 17.0 Å². The van der Waals surface area contributed by atoms with Crippen LogP contribution in [0.5, 0.6) is 0 Å². The molecule has 0 radical (unpaired) electrons. The molecule has 6 nitrogen and oxygen atoms in total. The van der Waals surface area contributed by atoms with E-state index in [4.69, 9.17) is 4.84 Å². The van der Waals surface area contributed by atoms with Crippen LogP contribution in [0, 0.1) is 0 Å². The van der Waals surface area contributed by atoms with Gasteiger partial charge in [-0.05, 0) is 55.5 Å². The zero-order valence-corrected chi connectivity index (χ0v) is 13.1.